The van der Waals surface area contributed by atoms with Gasteiger partial charge in [0.15, 0.2) is 0 Å². The van der Waals surface area contributed by atoms with E-state index in [1.165, 1.54) is 6.20 Å². The van der Waals surface area contributed by atoms with Gasteiger partial charge < -0.3 is 10.6 Å². The Kier molecular flexibility index (Phi) is 5.69. The molecule has 116 valence electrons. The Morgan fingerprint density at radius 3 is 2.43 bits per heavy atom. The van der Waals surface area contributed by atoms with Crippen molar-refractivity contribution in [1.29, 1.82) is 5.41 Å². The topological polar surface area (TPSA) is 72.6 Å². The maximum absolute atomic E-state index is 12.4. The summed E-state index contributed by atoms with van der Waals surface area (Å²) < 4.78 is 37.3. The second-order valence-corrected chi connectivity index (χ2v) is 4.58. The molecule has 1 aliphatic rings. The fourth-order valence-corrected chi connectivity index (χ4v) is 1.35. The smallest absolute Gasteiger partial charge is 0.390 e. The van der Waals surface area contributed by atoms with Crippen molar-refractivity contribution in [1.82, 2.24) is 10.6 Å². The highest BCUT2D eigenvalue weighted by molar-refractivity contribution is 5.98. The predicted octanol–water partition coefficient (Wildman–Crippen LogP) is 2.59. The first-order valence-electron chi connectivity index (χ1n) is 6.31. The van der Waals surface area contributed by atoms with Crippen molar-refractivity contribution in [2.75, 3.05) is 7.05 Å². The fourth-order valence-electron chi connectivity index (χ4n) is 1.35. The van der Waals surface area contributed by atoms with Crippen LogP contribution in [0.15, 0.2) is 33.7 Å². The number of hydrogen-bond donors (Lipinski definition) is 3. The molecular weight excluding hydrogens is 283 g/mol. The lowest BCUT2D eigenvalue weighted by Crippen LogP contribution is -2.26. The summed E-state index contributed by atoms with van der Waals surface area (Å²) in [6, 6.07) is 0. The molecule has 5 nitrogen and oxygen atoms in total. The molecule has 0 aromatic carbocycles. The second-order valence-electron chi connectivity index (χ2n) is 4.58. The van der Waals surface area contributed by atoms with E-state index in [9.17, 15) is 13.2 Å². The van der Waals surface area contributed by atoms with Crippen LogP contribution >= 0.6 is 0 Å². The summed E-state index contributed by atoms with van der Waals surface area (Å²) in [5.41, 5.74) is -0.348. The molecular formula is C13H18F3N5. The van der Waals surface area contributed by atoms with Crippen molar-refractivity contribution in [3.63, 3.8) is 0 Å². The molecule has 0 heterocycles. The maximum atomic E-state index is 12.4. The van der Waals surface area contributed by atoms with Crippen molar-refractivity contribution in [2.24, 2.45) is 15.9 Å². The molecule has 0 radical (unpaired) electrons. The number of allylic oxidation sites excluding steroid dienone is 3. The number of hydrogen-bond acceptors (Lipinski definition) is 3. The summed E-state index contributed by atoms with van der Waals surface area (Å²) in [5, 5.41) is 12.6. The van der Waals surface area contributed by atoms with Crippen molar-refractivity contribution in [2.45, 2.75) is 25.9 Å². The van der Waals surface area contributed by atoms with Crippen LogP contribution in [0, 0.1) is 11.3 Å². The van der Waals surface area contributed by atoms with Gasteiger partial charge in [0.25, 0.3) is 0 Å². The number of guanidine groups is 1. The first-order chi connectivity index (χ1) is 9.77. The lowest BCUT2D eigenvalue weighted by Gasteiger charge is -2.11. The van der Waals surface area contributed by atoms with Crippen LogP contribution in [0.3, 0.4) is 0 Å². The van der Waals surface area contributed by atoms with Gasteiger partial charge in [-0.2, -0.15) is 13.2 Å². The predicted molar refractivity (Wildman–Crippen MR) is 77.5 cm³/mol. The van der Waals surface area contributed by atoms with Gasteiger partial charge in [0.05, 0.1) is 0 Å². The first kappa shape index (κ1) is 16.9. The number of halogens is 3. The lowest BCUT2D eigenvalue weighted by atomic mass is 10.2. The molecule has 0 spiro atoms. The molecule has 0 aromatic heterocycles. The van der Waals surface area contributed by atoms with Crippen molar-refractivity contribution in [3.8, 4) is 0 Å². The van der Waals surface area contributed by atoms with E-state index in [4.69, 9.17) is 5.41 Å². The molecule has 0 atom stereocenters. The van der Waals surface area contributed by atoms with Crippen molar-refractivity contribution < 1.29 is 13.2 Å². The van der Waals surface area contributed by atoms with E-state index in [1.54, 1.807) is 14.0 Å². The molecule has 1 saturated carbocycles. The lowest BCUT2D eigenvalue weighted by molar-refractivity contribution is -0.0584. The molecule has 21 heavy (non-hydrogen) atoms. The molecule has 0 aromatic rings. The molecule has 0 aliphatic heterocycles. The highest BCUT2D eigenvalue weighted by Gasteiger charge is 2.35. The number of alkyl halides is 3. The Labute approximate surface area is 121 Å². The number of nitrogens with one attached hydrogen (secondary N) is 3. The second kappa shape index (κ2) is 7.05. The van der Waals surface area contributed by atoms with Crippen LogP contribution in [-0.2, 0) is 0 Å². The number of aliphatic imine (C=N–C) groups is 2. The zero-order chi connectivity index (χ0) is 16.0. The van der Waals surface area contributed by atoms with Crippen LogP contribution in [-0.4, -0.2) is 31.6 Å². The summed E-state index contributed by atoms with van der Waals surface area (Å²) >= 11 is 0. The minimum Gasteiger partial charge on any atom is -0.390 e. The standard InChI is InChI=1S/C13H18F3N5/c1-8(18-2)7-20-12(19-3)21-10(9-4-5-9)6-11(17)13(14,15)16/h6-7,9,17-18H,3-5H2,1-2H3,(H,20,21)/b8-7+,10-6-,17-11?. The van der Waals surface area contributed by atoms with Crippen LogP contribution in [0.1, 0.15) is 19.8 Å². The van der Waals surface area contributed by atoms with E-state index in [-0.39, 0.29) is 11.9 Å². The van der Waals surface area contributed by atoms with Gasteiger partial charge in [0, 0.05) is 24.6 Å². The van der Waals surface area contributed by atoms with E-state index in [2.05, 4.69) is 27.3 Å². The zero-order valence-electron chi connectivity index (χ0n) is 11.9. The Hall–Kier alpha value is -2.12. The van der Waals surface area contributed by atoms with E-state index >= 15 is 0 Å². The van der Waals surface area contributed by atoms with Crippen LogP contribution < -0.4 is 10.6 Å². The van der Waals surface area contributed by atoms with Crippen LogP contribution in [0.4, 0.5) is 13.2 Å². The molecule has 1 rings (SSSR count). The van der Waals surface area contributed by atoms with Gasteiger partial charge in [-0.1, -0.05) is 0 Å². The van der Waals surface area contributed by atoms with E-state index in [0.717, 1.165) is 24.6 Å². The monoisotopic (exact) mass is 301 g/mol. The van der Waals surface area contributed by atoms with Crippen LogP contribution in [0.5, 0.6) is 0 Å². The zero-order valence-corrected chi connectivity index (χ0v) is 11.9. The number of rotatable bonds is 5. The van der Waals surface area contributed by atoms with Gasteiger partial charge in [-0.3, -0.25) is 5.41 Å². The number of nitrogens with zero attached hydrogens (tertiary/aromatic N) is 2. The quantitative estimate of drug-likeness (QED) is 0.539. The third-order valence-electron chi connectivity index (χ3n) is 2.80. The largest absolute Gasteiger partial charge is 0.432 e. The Balaban J connectivity index is 2.90. The molecule has 8 heteroatoms. The highest BCUT2D eigenvalue weighted by Crippen LogP contribution is 2.35. The van der Waals surface area contributed by atoms with Crippen LogP contribution in [0.2, 0.25) is 0 Å². The average Bonchev–Trinajstić information content (AvgIpc) is 3.24. The van der Waals surface area contributed by atoms with Gasteiger partial charge in [0.2, 0.25) is 5.96 Å². The normalized spacial score (nSPS) is 17.5. The fraction of sp³-hybridized carbons (Fsp3) is 0.462. The average molecular weight is 301 g/mol. The first-order valence-corrected chi connectivity index (χ1v) is 6.31. The molecule has 1 fully saturated rings. The van der Waals surface area contributed by atoms with Gasteiger partial charge in [-0.15, -0.1) is 0 Å². The summed E-state index contributed by atoms with van der Waals surface area (Å²) in [6.45, 7) is 5.11. The summed E-state index contributed by atoms with van der Waals surface area (Å²) in [7, 11) is 1.72. The summed E-state index contributed by atoms with van der Waals surface area (Å²) in [4.78, 5) is 7.63. The van der Waals surface area contributed by atoms with Gasteiger partial charge in [-0.05, 0) is 38.5 Å². The molecule has 0 bridgehead atoms. The molecule has 0 saturated heterocycles. The van der Waals surface area contributed by atoms with E-state index < -0.39 is 11.9 Å². The molecule has 0 amide bonds. The van der Waals surface area contributed by atoms with Gasteiger partial charge >= 0.3 is 6.18 Å². The Bertz CT molecular complexity index is 498. The van der Waals surface area contributed by atoms with Gasteiger partial charge in [-0.25, -0.2) is 9.98 Å². The summed E-state index contributed by atoms with van der Waals surface area (Å²) in [6.07, 6.45) is -0.841. The highest BCUT2D eigenvalue weighted by atomic mass is 19.4. The van der Waals surface area contributed by atoms with E-state index in [1.807, 2.05) is 0 Å². The maximum Gasteiger partial charge on any atom is 0.432 e. The minimum absolute atomic E-state index is 0.0194. The summed E-state index contributed by atoms with van der Waals surface area (Å²) in [5.74, 6) is 0.0757. The third-order valence-corrected chi connectivity index (χ3v) is 2.80. The Morgan fingerprint density at radius 1 is 1.38 bits per heavy atom. The van der Waals surface area contributed by atoms with Crippen LogP contribution in [0.25, 0.3) is 0 Å². The van der Waals surface area contributed by atoms with Gasteiger partial charge in [0.1, 0.15) is 5.71 Å². The minimum atomic E-state index is -4.66. The molecule has 1 aliphatic carbocycles. The Morgan fingerprint density at radius 2 is 2.00 bits per heavy atom. The SMILES string of the molecule is C=N/C(=N\C=C(/C)NC)N/C(=C\C(=N)C(F)(F)F)C1CC1. The van der Waals surface area contributed by atoms with E-state index in [0.29, 0.717) is 5.70 Å². The molecule has 0 unspecified atom stereocenters. The molecule has 3 N–H and O–H groups in total. The third kappa shape index (κ3) is 5.80. The van der Waals surface area contributed by atoms with Crippen molar-refractivity contribution in [3.05, 3.63) is 23.7 Å². The van der Waals surface area contributed by atoms with Crippen molar-refractivity contribution >= 4 is 18.4 Å².